The number of imidazole rings is 1. The number of para-hydroxylation sites is 2. The van der Waals surface area contributed by atoms with Crippen LogP contribution in [0.5, 0.6) is 0 Å². The van der Waals surface area contributed by atoms with Gasteiger partial charge in [-0.15, -0.1) is 0 Å². The van der Waals surface area contributed by atoms with Crippen LogP contribution in [0.25, 0.3) is 11.0 Å². The summed E-state index contributed by atoms with van der Waals surface area (Å²) < 4.78 is 2.20. The molecule has 0 aliphatic carbocycles. The smallest absolute Gasteiger partial charge is 0.255 e. The SMILES string of the molecule is Cc1cccc(C(=O)Nc2ccc(N3CCN(Cc4nc5ccccc5n4C)CC3)cc2)c1. The molecule has 0 unspecified atom stereocenters. The third-order valence-corrected chi connectivity index (χ3v) is 6.39. The highest BCUT2D eigenvalue weighted by atomic mass is 16.1. The molecule has 0 spiro atoms. The molecule has 168 valence electrons. The number of aryl methyl sites for hydroxylation is 2. The molecule has 0 saturated carbocycles. The van der Waals surface area contributed by atoms with Crippen LogP contribution in [0.2, 0.25) is 0 Å². The third kappa shape index (κ3) is 4.61. The number of nitrogens with zero attached hydrogens (tertiary/aromatic N) is 4. The Morgan fingerprint density at radius 2 is 1.70 bits per heavy atom. The zero-order chi connectivity index (χ0) is 22.8. The lowest BCUT2D eigenvalue weighted by molar-refractivity contribution is 0.102. The summed E-state index contributed by atoms with van der Waals surface area (Å²) >= 11 is 0. The second-order valence-electron chi connectivity index (χ2n) is 8.71. The number of anilines is 2. The number of benzene rings is 3. The van der Waals surface area contributed by atoms with Crippen molar-refractivity contribution in [2.75, 3.05) is 36.4 Å². The molecule has 1 fully saturated rings. The third-order valence-electron chi connectivity index (χ3n) is 6.39. The topological polar surface area (TPSA) is 53.4 Å². The quantitative estimate of drug-likeness (QED) is 0.499. The number of piperazine rings is 1. The van der Waals surface area contributed by atoms with Gasteiger partial charge in [-0.25, -0.2) is 4.98 Å². The van der Waals surface area contributed by atoms with Gasteiger partial charge >= 0.3 is 0 Å². The summed E-state index contributed by atoms with van der Waals surface area (Å²) in [5.41, 5.74) is 5.99. The molecular weight excluding hydrogens is 410 g/mol. The first kappa shape index (κ1) is 21.2. The average molecular weight is 440 g/mol. The van der Waals surface area contributed by atoms with Gasteiger partial charge in [-0.3, -0.25) is 9.69 Å². The van der Waals surface area contributed by atoms with Gasteiger partial charge in [0.2, 0.25) is 0 Å². The van der Waals surface area contributed by atoms with Gasteiger partial charge in [0.1, 0.15) is 5.82 Å². The molecule has 0 bridgehead atoms. The van der Waals surface area contributed by atoms with E-state index in [1.807, 2.05) is 49.4 Å². The van der Waals surface area contributed by atoms with Gasteiger partial charge in [0.15, 0.2) is 0 Å². The number of hydrogen-bond acceptors (Lipinski definition) is 4. The van der Waals surface area contributed by atoms with E-state index in [0.717, 1.165) is 55.3 Å². The van der Waals surface area contributed by atoms with Crippen molar-refractivity contribution < 1.29 is 4.79 Å². The normalized spacial score (nSPS) is 14.5. The van der Waals surface area contributed by atoms with Crippen LogP contribution in [0.1, 0.15) is 21.7 Å². The fourth-order valence-corrected chi connectivity index (χ4v) is 4.45. The largest absolute Gasteiger partial charge is 0.369 e. The van der Waals surface area contributed by atoms with Crippen molar-refractivity contribution in [2.45, 2.75) is 13.5 Å². The number of nitrogens with one attached hydrogen (secondary N) is 1. The minimum atomic E-state index is -0.0815. The van der Waals surface area contributed by atoms with Crippen LogP contribution in [0.4, 0.5) is 11.4 Å². The number of amides is 1. The molecule has 6 heteroatoms. The van der Waals surface area contributed by atoms with Crippen LogP contribution in [-0.2, 0) is 13.6 Å². The zero-order valence-electron chi connectivity index (χ0n) is 19.2. The lowest BCUT2D eigenvalue weighted by Gasteiger charge is -2.36. The van der Waals surface area contributed by atoms with Gasteiger partial charge in [0.25, 0.3) is 5.91 Å². The van der Waals surface area contributed by atoms with E-state index in [-0.39, 0.29) is 5.91 Å². The Morgan fingerprint density at radius 1 is 0.939 bits per heavy atom. The Balaban J connectivity index is 1.17. The van der Waals surface area contributed by atoms with Crippen LogP contribution in [0, 0.1) is 6.92 Å². The second kappa shape index (κ2) is 9.08. The first-order chi connectivity index (χ1) is 16.1. The first-order valence-electron chi connectivity index (χ1n) is 11.4. The molecule has 1 aliphatic heterocycles. The summed E-state index contributed by atoms with van der Waals surface area (Å²) in [4.78, 5) is 22.2. The number of carbonyl (C=O) groups is 1. The van der Waals surface area contributed by atoms with Crippen molar-refractivity contribution in [1.82, 2.24) is 14.5 Å². The lowest BCUT2D eigenvalue weighted by atomic mass is 10.1. The predicted molar refractivity (Wildman–Crippen MR) is 134 cm³/mol. The molecule has 1 amide bonds. The number of carbonyl (C=O) groups excluding carboxylic acids is 1. The Morgan fingerprint density at radius 3 is 2.42 bits per heavy atom. The van der Waals surface area contributed by atoms with Gasteiger partial charge in [0.05, 0.1) is 17.6 Å². The monoisotopic (exact) mass is 439 g/mol. The Labute approximate surface area is 194 Å². The minimum Gasteiger partial charge on any atom is -0.369 e. The van der Waals surface area contributed by atoms with Gasteiger partial charge in [-0.05, 0) is 55.5 Å². The van der Waals surface area contributed by atoms with Crippen molar-refractivity contribution >= 4 is 28.3 Å². The summed E-state index contributed by atoms with van der Waals surface area (Å²) in [6.45, 7) is 6.79. The summed E-state index contributed by atoms with van der Waals surface area (Å²) in [7, 11) is 2.10. The molecule has 6 nitrogen and oxygen atoms in total. The van der Waals surface area contributed by atoms with Crippen molar-refractivity contribution in [2.24, 2.45) is 7.05 Å². The maximum absolute atomic E-state index is 12.5. The second-order valence-corrected chi connectivity index (χ2v) is 8.71. The highest BCUT2D eigenvalue weighted by Crippen LogP contribution is 2.21. The summed E-state index contributed by atoms with van der Waals surface area (Å²) in [5, 5.41) is 2.99. The lowest BCUT2D eigenvalue weighted by Crippen LogP contribution is -2.46. The maximum Gasteiger partial charge on any atom is 0.255 e. The van der Waals surface area contributed by atoms with Crippen LogP contribution in [0.3, 0.4) is 0 Å². The molecule has 1 aliphatic rings. The van der Waals surface area contributed by atoms with E-state index in [1.165, 1.54) is 11.2 Å². The summed E-state index contributed by atoms with van der Waals surface area (Å²) in [5.74, 6) is 1.03. The van der Waals surface area contributed by atoms with Gasteiger partial charge in [-0.1, -0.05) is 29.8 Å². The molecule has 0 radical (unpaired) electrons. The number of hydrogen-bond donors (Lipinski definition) is 1. The van der Waals surface area contributed by atoms with Crippen LogP contribution in [-0.4, -0.2) is 46.5 Å². The zero-order valence-corrected chi connectivity index (χ0v) is 19.2. The predicted octanol–water partition coefficient (Wildman–Crippen LogP) is 4.46. The summed E-state index contributed by atoms with van der Waals surface area (Å²) in [6.07, 6.45) is 0. The average Bonchev–Trinajstić information content (AvgIpc) is 3.15. The highest BCUT2D eigenvalue weighted by Gasteiger charge is 2.19. The van der Waals surface area contributed by atoms with Gasteiger partial charge in [-0.2, -0.15) is 0 Å². The van der Waals surface area contributed by atoms with E-state index < -0.39 is 0 Å². The van der Waals surface area contributed by atoms with E-state index in [0.29, 0.717) is 5.56 Å². The molecule has 1 N–H and O–H groups in total. The Kier molecular flexibility index (Phi) is 5.84. The van der Waals surface area contributed by atoms with Crippen molar-refractivity contribution in [3.63, 3.8) is 0 Å². The van der Waals surface area contributed by atoms with Crippen LogP contribution < -0.4 is 10.2 Å². The van der Waals surface area contributed by atoms with E-state index >= 15 is 0 Å². The van der Waals surface area contributed by atoms with Crippen molar-refractivity contribution in [3.8, 4) is 0 Å². The van der Waals surface area contributed by atoms with Crippen molar-refractivity contribution in [1.29, 1.82) is 0 Å². The number of rotatable bonds is 5. The molecule has 1 saturated heterocycles. The minimum absolute atomic E-state index is 0.0815. The molecule has 2 heterocycles. The molecular formula is C27H29N5O. The molecule has 33 heavy (non-hydrogen) atoms. The Bertz CT molecular complexity index is 1270. The fraction of sp³-hybridized carbons (Fsp3) is 0.259. The standard InChI is InChI=1S/C27H29N5O/c1-20-6-5-7-21(18-20)27(33)28-22-10-12-23(13-11-22)32-16-14-31(15-17-32)19-26-29-24-8-3-4-9-25(24)30(26)2/h3-13,18H,14-17,19H2,1-2H3,(H,28,33). The van der Waals surface area contributed by atoms with E-state index in [9.17, 15) is 4.79 Å². The van der Waals surface area contributed by atoms with Gasteiger partial charge < -0.3 is 14.8 Å². The van der Waals surface area contributed by atoms with E-state index in [2.05, 4.69) is 57.1 Å². The summed E-state index contributed by atoms with van der Waals surface area (Å²) in [6, 6.07) is 24.1. The first-order valence-corrected chi connectivity index (χ1v) is 11.4. The van der Waals surface area contributed by atoms with Gasteiger partial charge in [0, 0.05) is 50.2 Å². The Hall–Kier alpha value is -3.64. The highest BCUT2D eigenvalue weighted by molar-refractivity contribution is 6.04. The fourth-order valence-electron chi connectivity index (χ4n) is 4.45. The van der Waals surface area contributed by atoms with E-state index in [4.69, 9.17) is 4.98 Å². The molecule has 4 aromatic rings. The number of fused-ring (bicyclic) bond motifs is 1. The molecule has 0 atom stereocenters. The van der Waals surface area contributed by atoms with Crippen LogP contribution >= 0.6 is 0 Å². The van der Waals surface area contributed by atoms with E-state index in [1.54, 1.807) is 0 Å². The molecule has 5 rings (SSSR count). The van der Waals surface area contributed by atoms with Crippen LogP contribution in [0.15, 0.2) is 72.8 Å². The maximum atomic E-state index is 12.5. The van der Waals surface area contributed by atoms with Crippen molar-refractivity contribution in [3.05, 3.63) is 89.7 Å². The molecule has 1 aromatic heterocycles. The molecule has 3 aromatic carbocycles. The number of aromatic nitrogens is 2.